The number of benzene rings is 2. The van der Waals surface area contributed by atoms with Crippen LogP contribution in [0.4, 0.5) is 17.6 Å². The van der Waals surface area contributed by atoms with Crippen molar-refractivity contribution in [1.82, 2.24) is 9.88 Å². The third kappa shape index (κ3) is 3.65. The maximum Gasteiger partial charge on any atom is 0.416 e. The number of alkyl halides is 3. The molecule has 1 heterocycles. The van der Waals surface area contributed by atoms with E-state index >= 15 is 0 Å². The summed E-state index contributed by atoms with van der Waals surface area (Å²) in [6.07, 6.45) is -0.928. The Morgan fingerprint density at radius 2 is 1.70 bits per heavy atom. The number of carbonyl (C=O) groups excluding carboxylic acids is 1. The molecule has 2 bridgehead atoms. The van der Waals surface area contributed by atoms with Gasteiger partial charge in [0.2, 0.25) is 0 Å². The lowest BCUT2D eigenvalue weighted by molar-refractivity contribution is -0.172. The molecule has 33 heavy (non-hydrogen) atoms. The molecule has 0 atom stereocenters. The summed E-state index contributed by atoms with van der Waals surface area (Å²) in [5.74, 6) is -1.73. The second-order valence-corrected chi connectivity index (χ2v) is 9.33. The van der Waals surface area contributed by atoms with Crippen molar-refractivity contribution in [2.24, 2.45) is 5.41 Å². The van der Waals surface area contributed by atoms with Crippen LogP contribution >= 0.6 is 0 Å². The molecule has 3 aliphatic carbocycles. The molecule has 1 aromatic heterocycles. The minimum Gasteiger partial charge on any atom is -0.481 e. The number of rotatable bonds is 6. The van der Waals surface area contributed by atoms with Gasteiger partial charge in [0.15, 0.2) is 0 Å². The number of nitrogens with one attached hydrogen (secondary N) is 1. The zero-order valence-electron chi connectivity index (χ0n) is 17.4. The van der Waals surface area contributed by atoms with Gasteiger partial charge in [-0.2, -0.15) is 13.2 Å². The number of amides is 1. The average molecular weight is 460 g/mol. The Hall–Kier alpha value is -3.36. The highest BCUT2D eigenvalue weighted by Gasteiger charge is 2.68. The van der Waals surface area contributed by atoms with Crippen LogP contribution in [0.1, 0.15) is 47.2 Å². The largest absolute Gasteiger partial charge is 0.481 e. The van der Waals surface area contributed by atoms with Crippen LogP contribution in [0.25, 0.3) is 10.9 Å². The van der Waals surface area contributed by atoms with Crippen molar-refractivity contribution in [1.29, 1.82) is 0 Å². The van der Waals surface area contributed by atoms with Gasteiger partial charge in [-0.15, -0.1) is 0 Å². The lowest BCUT2D eigenvalue weighted by atomic mass is 9.38. The van der Waals surface area contributed by atoms with E-state index in [4.69, 9.17) is 5.11 Å². The van der Waals surface area contributed by atoms with Gasteiger partial charge in [-0.1, -0.05) is 12.1 Å². The fourth-order valence-corrected chi connectivity index (χ4v) is 5.55. The molecule has 9 heteroatoms. The lowest BCUT2D eigenvalue weighted by Crippen LogP contribution is -2.75. The van der Waals surface area contributed by atoms with Crippen molar-refractivity contribution >= 4 is 22.8 Å². The first kappa shape index (κ1) is 21.5. The van der Waals surface area contributed by atoms with E-state index in [0.29, 0.717) is 30.3 Å². The van der Waals surface area contributed by atoms with Gasteiger partial charge in [0.25, 0.3) is 5.91 Å². The highest BCUT2D eigenvalue weighted by molar-refractivity contribution is 6.06. The molecule has 3 aromatic rings. The predicted molar refractivity (Wildman–Crippen MR) is 111 cm³/mol. The van der Waals surface area contributed by atoms with E-state index in [1.165, 1.54) is 30.3 Å². The van der Waals surface area contributed by atoms with E-state index in [1.54, 1.807) is 10.8 Å². The van der Waals surface area contributed by atoms with Crippen molar-refractivity contribution in [3.63, 3.8) is 0 Å². The Bertz CT molecular complexity index is 1260. The minimum atomic E-state index is -4.43. The first-order valence-corrected chi connectivity index (χ1v) is 10.5. The zero-order valence-corrected chi connectivity index (χ0v) is 17.4. The number of carbonyl (C=O) groups is 2. The smallest absolute Gasteiger partial charge is 0.416 e. The van der Waals surface area contributed by atoms with E-state index in [1.807, 2.05) is 0 Å². The number of aliphatic carboxylic acids is 1. The van der Waals surface area contributed by atoms with Gasteiger partial charge in [0.05, 0.1) is 23.1 Å². The van der Waals surface area contributed by atoms with E-state index in [2.05, 4.69) is 5.32 Å². The Labute approximate surface area is 186 Å². The van der Waals surface area contributed by atoms with Gasteiger partial charge < -0.3 is 15.0 Å². The molecule has 0 aliphatic heterocycles. The fourth-order valence-electron chi connectivity index (χ4n) is 5.55. The summed E-state index contributed by atoms with van der Waals surface area (Å²) in [6.45, 7) is 0.165. The molecule has 1 amide bonds. The van der Waals surface area contributed by atoms with Gasteiger partial charge in [0, 0.05) is 23.7 Å². The van der Waals surface area contributed by atoms with Crippen molar-refractivity contribution in [3.05, 3.63) is 71.2 Å². The van der Waals surface area contributed by atoms with Crippen molar-refractivity contribution < 1.29 is 32.3 Å². The van der Waals surface area contributed by atoms with E-state index in [0.717, 1.165) is 12.1 Å². The maximum atomic E-state index is 14.4. The normalized spacial score (nSPS) is 23.6. The van der Waals surface area contributed by atoms with Gasteiger partial charge in [-0.05, 0) is 60.6 Å². The molecule has 5 nitrogen and oxygen atoms in total. The van der Waals surface area contributed by atoms with Crippen LogP contribution in [0.15, 0.2) is 48.7 Å². The molecule has 172 valence electrons. The van der Waals surface area contributed by atoms with Gasteiger partial charge in [-0.25, -0.2) is 4.39 Å². The third-order valence-corrected chi connectivity index (χ3v) is 6.80. The molecule has 2 aromatic carbocycles. The number of fused-ring (bicyclic) bond motifs is 1. The van der Waals surface area contributed by atoms with Gasteiger partial charge >= 0.3 is 12.1 Å². The quantitative estimate of drug-likeness (QED) is 0.510. The summed E-state index contributed by atoms with van der Waals surface area (Å²) in [4.78, 5) is 24.1. The Morgan fingerprint density at radius 3 is 2.30 bits per heavy atom. The first-order chi connectivity index (χ1) is 15.5. The highest BCUT2D eigenvalue weighted by Crippen LogP contribution is 2.69. The van der Waals surface area contributed by atoms with Gasteiger partial charge in [0.1, 0.15) is 5.82 Å². The second-order valence-electron chi connectivity index (χ2n) is 9.33. The van der Waals surface area contributed by atoms with Crippen molar-refractivity contribution in [2.75, 3.05) is 0 Å². The van der Waals surface area contributed by atoms with Crippen LogP contribution in [0.2, 0.25) is 0 Å². The molecule has 0 radical (unpaired) electrons. The molecular formula is C24H20F4N2O3. The van der Waals surface area contributed by atoms with Crippen LogP contribution in [0.5, 0.6) is 0 Å². The Kier molecular flexibility index (Phi) is 4.60. The summed E-state index contributed by atoms with van der Waals surface area (Å²) in [7, 11) is 0. The Balaban J connectivity index is 1.39. The molecule has 3 aliphatic rings. The van der Waals surface area contributed by atoms with Gasteiger partial charge in [-0.3, -0.25) is 9.59 Å². The van der Waals surface area contributed by atoms with E-state index < -0.39 is 29.1 Å². The zero-order chi connectivity index (χ0) is 23.6. The third-order valence-electron chi connectivity index (χ3n) is 6.80. The molecule has 0 saturated heterocycles. The molecule has 6 rings (SSSR count). The summed E-state index contributed by atoms with van der Waals surface area (Å²) < 4.78 is 54.6. The van der Waals surface area contributed by atoms with E-state index in [9.17, 15) is 27.2 Å². The van der Waals surface area contributed by atoms with Crippen LogP contribution in [-0.2, 0) is 17.5 Å². The summed E-state index contributed by atoms with van der Waals surface area (Å²) in [5, 5.41) is 12.3. The number of halogens is 4. The fraction of sp³-hybridized carbons (Fsp3) is 0.333. The lowest BCUT2D eigenvalue weighted by Gasteiger charge is -2.70. The number of nitrogens with zero attached hydrogens (tertiary/aromatic N) is 1. The summed E-state index contributed by atoms with van der Waals surface area (Å²) in [5.41, 5.74) is -0.211. The molecule has 0 spiro atoms. The second kappa shape index (κ2) is 7.07. The number of carboxylic acid groups (broad SMARTS) is 1. The molecule has 2 N–H and O–H groups in total. The summed E-state index contributed by atoms with van der Waals surface area (Å²) >= 11 is 0. The SMILES string of the molecule is O=C(O)CC12CC(NC(=O)c3ccc(F)c4ccn(Cc5ccc(C(F)(F)F)cc5)c34)(C1)C2. The predicted octanol–water partition coefficient (Wildman–Crippen LogP) is 4.97. The maximum absolute atomic E-state index is 14.4. The molecular weight excluding hydrogens is 440 g/mol. The van der Waals surface area contributed by atoms with Crippen molar-refractivity contribution in [3.8, 4) is 0 Å². The number of hydrogen-bond acceptors (Lipinski definition) is 2. The average Bonchev–Trinajstić information content (AvgIpc) is 3.09. The standard InChI is InChI=1S/C24H20F4N2O3/c25-18-6-5-17(21(33)29-23-11-22(12-23,13-23)9-19(31)32)20-16(18)7-8-30(20)10-14-1-3-15(4-2-14)24(26,27)28/h1-8H,9-13H2,(H,29,33)(H,31,32). The molecule has 3 fully saturated rings. The number of hydrogen-bond donors (Lipinski definition) is 2. The van der Waals surface area contributed by atoms with Crippen molar-refractivity contribution in [2.45, 2.75) is 43.9 Å². The van der Waals surface area contributed by atoms with E-state index in [-0.39, 0.29) is 35.2 Å². The van der Waals surface area contributed by atoms with Crippen LogP contribution in [-0.4, -0.2) is 27.1 Å². The topological polar surface area (TPSA) is 71.3 Å². The molecule has 0 unspecified atom stereocenters. The first-order valence-electron chi connectivity index (χ1n) is 10.5. The number of carboxylic acids is 1. The monoisotopic (exact) mass is 460 g/mol. The molecule has 3 saturated carbocycles. The summed E-state index contributed by atoms with van der Waals surface area (Å²) in [6, 6.07) is 8.85. The van der Waals surface area contributed by atoms with Crippen LogP contribution in [0, 0.1) is 11.2 Å². The minimum absolute atomic E-state index is 0.0847. The van der Waals surface area contributed by atoms with Crippen LogP contribution < -0.4 is 5.32 Å². The number of aromatic nitrogens is 1. The van der Waals surface area contributed by atoms with Crippen LogP contribution in [0.3, 0.4) is 0 Å². The Morgan fingerprint density at radius 1 is 1.03 bits per heavy atom. The highest BCUT2D eigenvalue weighted by atomic mass is 19.4.